The molecule has 1 aromatic carbocycles. The SMILES string of the molecule is Cc1c(Cl)cccc1N1CC[C@H](O)C1. The highest BCUT2D eigenvalue weighted by atomic mass is 35.5. The Morgan fingerprint density at radius 2 is 2.29 bits per heavy atom. The molecule has 0 bridgehead atoms. The maximum atomic E-state index is 9.45. The number of rotatable bonds is 1. The molecular weight excluding hydrogens is 198 g/mol. The Labute approximate surface area is 89.1 Å². The third-order valence-electron chi connectivity index (χ3n) is 2.74. The molecule has 1 aromatic rings. The van der Waals surface area contributed by atoms with Gasteiger partial charge in [-0.15, -0.1) is 0 Å². The minimum Gasteiger partial charge on any atom is -0.391 e. The molecule has 1 saturated heterocycles. The van der Waals surface area contributed by atoms with Gasteiger partial charge in [0.15, 0.2) is 0 Å². The van der Waals surface area contributed by atoms with Crippen LogP contribution in [-0.2, 0) is 0 Å². The van der Waals surface area contributed by atoms with E-state index < -0.39 is 0 Å². The van der Waals surface area contributed by atoms with E-state index in [1.807, 2.05) is 19.1 Å². The van der Waals surface area contributed by atoms with E-state index >= 15 is 0 Å². The van der Waals surface area contributed by atoms with E-state index in [-0.39, 0.29) is 6.10 Å². The van der Waals surface area contributed by atoms with Gasteiger partial charge in [-0.2, -0.15) is 0 Å². The van der Waals surface area contributed by atoms with Gasteiger partial charge in [-0.05, 0) is 31.0 Å². The van der Waals surface area contributed by atoms with Gasteiger partial charge < -0.3 is 10.0 Å². The third-order valence-corrected chi connectivity index (χ3v) is 3.15. The number of nitrogens with zero attached hydrogens (tertiary/aromatic N) is 1. The standard InChI is InChI=1S/C11H14ClNO/c1-8-10(12)3-2-4-11(8)13-6-5-9(14)7-13/h2-4,9,14H,5-7H2,1H3/t9-/m0/s1. The van der Waals surface area contributed by atoms with E-state index in [4.69, 9.17) is 11.6 Å². The van der Waals surface area contributed by atoms with Crippen molar-refractivity contribution in [1.82, 2.24) is 0 Å². The van der Waals surface area contributed by atoms with E-state index in [0.29, 0.717) is 0 Å². The quantitative estimate of drug-likeness (QED) is 0.770. The summed E-state index contributed by atoms with van der Waals surface area (Å²) >= 11 is 6.04. The maximum Gasteiger partial charge on any atom is 0.0731 e. The van der Waals surface area contributed by atoms with Gasteiger partial charge >= 0.3 is 0 Å². The summed E-state index contributed by atoms with van der Waals surface area (Å²) in [5.74, 6) is 0. The predicted octanol–water partition coefficient (Wildman–Crippen LogP) is 2.22. The Balaban J connectivity index is 2.28. The van der Waals surface area contributed by atoms with Gasteiger partial charge in [-0.1, -0.05) is 17.7 Å². The smallest absolute Gasteiger partial charge is 0.0731 e. The number of halogens is 1. The highest BCUT2D eigenvalue weighted by Gasteiger charge is 2.21. The molecule has 2 nitrogen and oxygen atoms in total. The summed E-state index contributed by atoms with van der Waals surface area (Å²) in [6.07, 6.45) is 0.666. The van der Waals surface area contributed by atoms with Crippen LogP contribution in [-0.4, -0.2) is 24.3 Å². The summed E-state index contributed by atoms with van der Waals surface area (Å²) in [7, 11) is 0. The molecule has 0 amide bonds. The average Bonchev–Trinajstić information content (AvgIpc) is 2.57. The van der Waals surface area contributed by atoms with Crippen LogP contribution >= 0.6 is 11.6 Å². The molecule has 1 fully saturated rings. The molecular formula is C11H14ClNO. The van der Waals surface area contributed by atoms with Crippen LogP contribution in [0, 0.1) is 6.92 Å². The minimum absolute atomic E-state index is 0.187. The lowest BCUT2D eigenvalue weighted by Crippen LogP contribution is -2.21. The highest BCUT2D eigenvalue weighted by molar-refractivity contribution is 6.31. The van der Waals surface area contributed by atoms with Crippen LogP contribution < -0.4 is 4.90 Å². The second-order valence-electron chi connectivity index (χ2n) is 3.77. The minimum atomic E-state index is -0.187. The number of β-amino-alcohol motifs (C(OH)–C–C–N with tert-alkyl or cyclic N) is 1. The molecule has 0 aliphatic carbocycles. The van der Waals surface area contributed by atoms with Crippen molar-refractivity contribution >= 4 is 17.3 Å². The molecule has 1 aliphatic heterocycles. The Bertz CT molecular complexity index is 340. The number of aliphatic hydroxyl groups excluding tert-OH is 1. The van der Waals surface area contributed by atoms with Gasteiger partial charge in [0.25, 0.3) is 0 Å². The maximum absolute atomic E-state index is 9.45. The molecule has 1 atom stereocenters. The van der Waals surface area contributed by atoms with Gasteiger partial charge in [-0.25, -0.2) is 0 Å². The molecule has 0 spiro atoms. The number of benzene rings is 1. The Kier molecular flexibility index (Phi) is 2.66. The van der Waals surface area contributed by atoms with Crippen molar-refractivity contribution < 1.29 is 5.11 Å². The third kappa shape index (κ3) is 1.72. The van der Waals surface area contributed by atoms with Crippen LogP contribution in [0.5, 0.6) is 0 Å². The number of hydrogen-bond donors (Lipinski definition) is 1. The molecule has 0 unspecified atom stereocenters. The van der Waals surface area contributed by atoms with E-state index in [1.54, 1.807) is 0 Å². The van der Waals surface area contributed by atoms with E-state index in [9.17, 15) is 5.11 Å². The van der Waals surface area contributed by atoms with Crippen molar-refractivity contribution in [3.63, 3.8) is 0 Å². The molecule has 14 heavy (non-hydrogen) atoms. The zero-order valence-corrected chi connectivity index (χ0v) is 8.96. The van der Waals surface area contributed by atoms with Crippen LogP contribution in [0.1, 0.15) is 12.0 Å². The van der Waals surface area contributed by atoms with Gasteiger partial charge in [0.05, 0.1) is 6.10 Å². The summed E-state index contributed by atoms with van der Waals surface area (Å²) in [6.45, 7) is 3.66. The number of anilines is 1. The number of aliphatic hydroxyl groups is 1. The number of hydrogen-bond acceptors (Lipinski definition) is 2. The fourth-order valence-corrected chi connectivity index (χ4v) is 2.07. The average molecular weight is 212 g/mol. The molecule has 3 heteroatoms. The van der Waals surface area contributed by atoms with E-state index in [2.05, 4.69) is 11.0 Å². The molecule has 1 heterocycles. The van der Waals surface area contributed by atoms with Gasteiger partial charge in [-0.3, -0.25) is 0 Å². The first-order valence-corrected chi connectivity index (χ1v) is 5.24. The van der Waals surface area contributed by atoms with Crippen molar-refractivity contribution in [3.05, 3.63) is 28.8 Å². The molecule has 1 N–H and O–H groups in total. The molecule has 0 aromatic heterocycles. The van der Waals surface area contributed by atoms with Crippen molar-refractivity contribution in [2.24, 2.45) is 0 Å². The predicted molar refractivity (Wildman–Crippen MR) is 59.0 cm³/mol. The molecule has 0 saturated carbocycles. The summed E-state index contributed by atoms with van der Waals surface area (Å²) in [6, 6.07) is 5.90. The van der Waals surface area contributed by atoms with E-state index in [0.717, 1.165) is 35.8 Å². The summed E-state index contributed by atoms with van der Waals surface area (Å²) in [5, 5.41) is 10.2. The van der Waals surface area contributed by atoms with Crippen LogP contribution in [0.3, 0.4) is 0 Å². The molecule has 0 radical (unpaired) electrons. The summed E-state index contributed by atoms with van der Waals surface area (Å²) < 4.78 is 0. The Hall–Kier alpha value is -0.730. The normalized spacial score (nSPS) is 21.6. The lowest BCUT2D eigenvalue weighted by molar-refractivity contribution is 0.198. The van der Waals surface area contributed by atoms with E-state index in [1.165, 1.54) is 0 Å². The second kappa shape index (κ2) is 3.79. The summed E-state index contributed by atoms with van der Waals surface area (Å²) in [5.41, 5.74) is 2.25. The first kappa shape index (κ1) is 9.81. The zero-order chi connectivity index (χ0) is 10.1. The van der Waals surface area contributed by atoms with Crippen molar-refractivity contribution in [2.45, 2.75) is 19.4 Å². The second-order valence-corrected chi connectivity index (χ2v) is 4.18. The topological polar surface area (TPSA) is 23.5 Å². The lowest BCUT2D eigenvalue weighted by atomic mass is 10.2. The highest BCUT2D eigenvalue weighted by Crippen LogP contribution is 2.28. The van der Waals surface area contributed by atoms with Gasteiger partial charge in [0.1, 0.15) is 0 Å². The molecule has 76 valence electrons. The summed E-state index contributed by atoms with van der Waals surface area (Å²) in [4.78, 5) is 2.19. The monoisotopic (exact) mass is 211 g/mol. The van der Waals surface area contributed by atoms with Crippen molar-refractivity contribution in [1.29, 1.82) is 0 Å². The van der Waals surface area contributed by atoms with Gasteiger partial charge in [0.2, 0.25) is 0 Å². The van der Waals surface area contributed by atoms with Crippen LogP contribution in [0.4, 0.5) is 5.69 Å². The Morgan fingerprint density at radius 3 is 2.93 bits per heavy atom. The van der Waals surface area contributed by atoms with Crippen LogP contribution in [0.25, 0.3) is 0 Å². The lowest BCUT2D eigenvalue weighted by Gasteiger charge is -2.20. The fraction of sp³-hybridized carbons (Fsp3) is 0.455. The first-order chi connectivity index (χ1) is 6.68. The van der Waals surface area contributed by atoms with Gasteiger partial charge in [0, 0.05) is 23.8 Å². The Morgan fingerprint density at radius 1 is 1.50 bits per heavy atom. The van der Waals surface area contributed by atoms with Crippen molar-refractivity contribution in [3.8, 4) is 0 Å². The molecule has 2 rings (SSSR count). The zero-order valence-electron chi connectivity index (χ0n) is 8.20. The fourth-order valence-electron chi connectivity index (χ4n) is 1.90. The first-order valence-electron chi connectivity index (χ1n) is 4.86. The van der Waals surface area contributed by atoms with Crippen molar-refractivity contribution in [2.75, 3.05) is 18.0 Å². The molecule has 1 aliphatic rings. The van der Waals surface area contributed by atoms with Crippen LogP contribution in [0.2, 0.25) is 5.02 Å². The largest absolute Gasteiger partial charge is 0.391 e. The van der Waals surface area contributed by atoms with Crippen LogP contribution in [0.15, 0.2) is 18.2 Å².